The van der Waals surface area contributed by atoms with Gasteiger partial charge in [-0.05, 0) is 59.7 Å². The molecule has 9 heteroatoms. The lowest BCUT2D eigenvalue weighted by Gasteiger charge is -2.17. The van der Waals surface area contributed by atoms with E-state index in [1.165, 1.54) is 6.20 Å². The molecule has 0 fully saturated rings. The molecule has 0 saturated heterocycles. The predicted octanol–water partition coefficient (Wildman–Crippen LogP) is 4.89. The summed E-state index contributed by atoms with van der Waals surface area (Å²) in [6.07, 6.45) is 8.08. The molecule has 0 spiro atoms. The smallest absolute Gasteiger partial charge is 0.267 e. The first-order valence-electron chi connectivity index (χ1n) is 11.7. The summed E-state index contributed by atoms with van der Waals surface area (Å²) >= 11 is 0. The third-order valence-corrected chi connectivity index (χ3v) is 5.86. The summed E-state index contributed by atoms with van der Waals surface area (Å²) in [7, 11) is 0. The number of aromatic nitrogens is 3. The molecule has 2 amide bonds. The van der Waals surface area contributed by atoms with Crippen LogP contribution in [0.5, 0.6) is 0 Å². The Labute approximate surface area is 218 Å². The van der Waals surface area contributed by atoms with Crippen LogP contribution in [0.15, 0.2) is 104 Å². The van der Waals surface area contributed by atoms with Crippen LogP contribution in [0, 0.1) is 0 Å². The Balaban J connectivity index is 1.58. The van der Waals surface area contributed by atoms with Gasteiger partial charge >= 0.3 is 0 Å². The number of hydrogen-bond acceptors (Lipinski definition) is 7. The molecule has 0 atom stereocenters. The summed E-state index contributed by atoms with van der Waals surface area (Å²) in [6.45, 7) is 0. The first kappa shape index (κ1) is 24.1. The molecule has 0 aliphatic carbocycles. The maximum absolute atomic E-state index is 12.5. The molecule has 0 saturated carbocycles. The largest absolute Gasteiger partial charge is 0.366 e. The van der Waals surface area contributed by atoms with Gasteiger partial charge in [0.25, 0.3) is 11.8 Å². The SMILES string of the molecule is NC(=O)c1cnc(C(N)=O)c(-c2ccc(Nc3ccncc3)cc2)c1-c1ccc(Nc2ccncc2)cc1. The number of hydrogen-bond donors (Lipinski definition) is 4. The number of anilines is 4. The third-order valence-electron chi connectivity index (χ3n) is 5.86. The second-order valence-electron chi connectivity index (χ2n) is 8.38. The van der Waals surface area contributed by atoms with Crippen molar-refractivity contribution < 1.29 is 9.59 Å². The van der Waals surface area contributed by atoms with Crippen LogP contribution in [0.1, 0.15) is 20.8 Å². The topological polar surface area (TPSA) is 149 Å². The Morgan fingerprint density at radius 1 is 0.553 bits per heavy atom. The highest BCUT2D eigenvalue weighted by Gasteiger charge is 2.23. The van der Waals surface area contributed by atoms with E-state index in [-0.39, 0.29) is 11.3 Å². The molecular weight excluding hydrogens is 478 g/mol. The molecule has 0 bridgehead atoms. The predicted molar refractivity (Wildman–Crippen MR) is 147 cm³/mol. The van der Waals surface area contributed by atoms with Crippen LogP contribution in [0.2, 0.25) is 0 Å². The van der Waals surface area contributed by atoms with Crippen molar-refractivity contribution in [1.82, 2.24) is 15.0 Å². The zero-order valence-electron chi connectivity index (χ0n) is 20.1. The lowest BCUT2D eigenvalue weighted by molar-refractivity contribution is 0.0985. The van der Waals surface area contributed by atoms with Crippen LogP contribution in [0.3, 0.4) is 0 Å². The fourth-order valence-electron chi connectivity index (χ4n) is 4.11. The van der Waals surface area contributed by atoms with Gasteiger partial charge in [-0.1, -0.05) is 24.3 Å². The van der Waals surface area contributed by atoms with E-state index in [1.807, 2.05) is 72.8 Å². The molecule has 6 N–H and O–H groups in total. The van der Waals surface area contributed by atoms with Crippen molar-refractivity contribution in [2.75, 3.05) is 10.6 Å². The Morgan fingerprint density at radius 2 is 0.974 bits per heavy atom. The van der Waals surface area contributed by atoms with Gasteiger partial charge in [0, 0.05) is 64.9 Å². The molecular formula is C29H23N7O2. The highest BCUT2D eigenvalue weighted by atomic mass is 16.1. The van der Waals surface area contributed by atoms with Crippen molar-refractivity contribution in [3.63, 3.8) is 0 Å². The van der Waals surface area contributed by atoms with E-state index in [1.54, 1.807) is 24.8 Å². The first-order chi connectivity index (χ1) is 18.5. The number of amides is 2. The van der Waals surface area contributed by atoms with Gasteiger partial charge in [0.2, 0.25) is 0 Å². The maximum atomic E-state index is 12.5. The molecule has 5 rings (SSSR count). The van der Waals surface area contributed by atoms with E-state index in [0.717, 1.165) is 22.7 Å². The van der Waals surface area contributed by atoms with Crippen LogP contribution in [-0.4, -0.2) is 26.8 Å². The van der Waals surface area contributed by atoms with Gasteiger partial charge in [0.15, 0.2) is 0 Å². The highest BCUT2D eigenvalue weighted by molar-refractivity contribution is 6.09. The summed E-state index contributed by atoms with van der Waals surface area (Å²) in [4.78, 5) is 37.1. The number of nitrogens with two attached hydrogens (primary N) is 2. The fraction of sp³-hybridized carbons (Fsp3) is 0. The van der Waals surface area contributed by atoms with E-state index in [9.17, 15) is 9.59 Å². The van der Waals surface area contributed by atoms with Crippen LogP contribution < -0.4 is 22.1 Å². The molecule has 5 aromatic rings. The number of nitrogens with zero attached hydrogens (tertiary/aromatic N) is 3. The Hall–Kier alpha value is -5.57. The minimum Gasteiger partial charge on any atom is -0.366 e. The van der Waals surface area contributed by atoms with Gasteiger partial charge in [0.1, 0.15) is 5.69 Å². The molecule has 2 aromatic carbocycles. The summed E-state index contributed by atoms with van der Waals surface area (Å²) in [5, 5.41) is 6.58. The average Bonchev–Trinajstić information content (AvgIpc) is 2.94. The number of rotatable bonds is 8. The Kier molecular flexibility index (Phi) is 6.73. The minimum atomic E-state index is -0.716. The summed E-state index contributed by atoms with van der Waals surface area (Å²) < 4.78 is 0. The quantitative estimate of drug-likeness (QED) is 0.236. The Morgan fingerprint density at radius 3 is 1.39 bits per heavy atom. The van der Waals surface area contributed by atoms with Crippen molar-refractivity contribution >= 4 is 34.6 Å². The molecule has 3 aromatic heterocycles. The molecule has 186 valence electrons. The molecule has 3 heterocycles. The van der Waals surface area contributed by atoms with Crippen LogP contribution in [0.4, 0.5) is 22.7 Å². The molecule has 9 nitrogen and oxygen atoms in total. The van der Waals surface area contributed by atoms with Crippen LogP contribution >= 0.6 is 0 Å². The number of nitrogens with one attached hydrogen (secondary N) is 2. The van der Waals surface area contributed by atoms with Crippen molar-refractivity contribution in [3.05, 3.63) is 115 Å². The molecule has 0 aliphatic heterocycles. The number of carbonyl (C=O) groups excluding carboxylic acids is 2. The highest BCUT2D eigenvalue weighted by Crippen LogP contribution is 2.38. The van der Waals surface area contributed by atoms with Gasteiger partial charge in [-0.2, -0.15) is 0 Å². The lowest BCUT2D eigenvalue weighted by Crippen LogP contribution is -2.19. The van der Waals surface area contributed by atoms with E-state index in [2.05, 4.69) is 25.6 Å². The van der Waals surface area contributed by atoms with Gasteiger partial charge in [0.05, 0.1) is 5.56 Å². The van der Waals surface area contributed by atoms with Gasteiger partial charge in [-0.3, -0.25) is 19.6 Å². The second-order valence-corrected chi connectivity index (χ2v) is 8.38. The number of primary amides is 2. The summed E-state index contributed by atoms with van der Waals surface area (Å²) in [5.74, 6) is -1.38. The third kappa shape index (κ3) is 5.17. The van der Waals surface area contributed by atoms with E-state index >= 15 is 0 Å². The van der Waals surface area contributed by atoms with Crippen molar-refractivity contribution in [2.24, 2.45) is 11.5 Å². The van der Waals surface area contributed by atoms with Crippen molar-refractivity contribution in [2.45, 2.75) is 0 Å². The number of pyridine rings is 3. The zero-order valence-corrected chi connectivity index (χ0v) is 20.1. The van der Waals surface area contributed by atoms with Gasteiger partial charge in [-0.15, -0.1) is 0 Å². The molecule has 0 aliphatic rings. The van der Waals surface area contributed by atoms with Crippen LogP contribution in [-0.2, 0) is 0 Å². The molecule has 0 unspecified atom stereocenters. The Bertz CT molecular complexity index is 1470. The van der Waals surface area contributed by atoms with Crippen LogP contribution in [0.25, 0.3) is 22.3 Å². The normalized spacial score (nSPS) is 10.5. The molecule has 38 heavy (non-hydrogen) atoms. The van der Waals surface area contributed by atoms with E-state index in [4.69, 9.17) is 11.5 Å². The second kappa shape index (κ2) is 10.6. The standard InChI is InChI=1S/C29H23N7O2/c30-28(37)24-17-34-27(29(31)38)26(19-3-7-21(8-4-19)36-23-11-15-33-16-12-23)25(24)18-1-5-20(6-2-18)35-22-9-13-32-14-10-22/h1-17H,(H2,30,37)(H2,31,38)(H,32,35)(H,33,36). The first-order valence-corrected chi connectivity index (χ1v) is 11.7. The van der Waals surface area contributed by atoms with E-state index < -0.39 is 11.8 Å². The van der Waals surface area contributed by atoms with Crippen molar-refractivity contribution in [1.29, 1.82) is 0 Å². The zero-order chi connectivity index (χ0) is 26.5. The van der Waals surface area contributed by atoms with Gasteiger partial charge < -0.3 is 22.1 Å². The lowest BCUT2D eigenvalue weighted by atomic mass is 9.89. The number of carbonyl (C=O) groups is 2. The van der Waals surface area contributed by atoms with E-state index in [0.29, 0.717) is 22.3 Å². The maximum Gasteiger partial charge on any atom is 0.267 e. The summed E-state index contributed by atoms with van der Waals surface area (Å²) in [6, 6.07) is 22.2. The van der Waals surface area contributed by atoms with Crippen molar-refractivity contribution in [3.8, 4) is 22.3 Å². The van der Waals surface area contributed by atoms with Gasteiger partial charge in [-0.25, -0.2) is 4.98 Å². The average molecular weight is 502 g/mol. The summed E-state index contributed by atoms with van der Waals surface area (Å²) in [5.41, 5.74) is 17.3. The minimum absolute atomic E-state index is 0.0406. The fourth-order valence-corrected chi connectivity index (χ4v) is 4.11. The number of benzene rings is 2. The monoisotopic (exact) mass is 501 g/mol. The molecule has 0 radical (unpaired) electrons.